The summed E-state index contributed by atoms with van der Waals surface area (Å²) in [6, 6.07) is 0.220. The third kappa shape index (κ3) is 3.57. The van der Waals surface area contributed by atoms with Crippen LogP contribution in [0, 0.1) is 11.3 Å². The van der Waals surface area contributed by atoms with Gasteiger partial charge in [-0.15, -0.1) is 0 Å². The highest BCUT2D eigenvalue weighted by Gasteiger charge is 2.40. The average molecular weight is 295 g/mol. The first-order chi connectivity index (χ1) is 9.98. The number of rotatable bonds is 4. The fraction of sp³-hybridized carbons (Fsp3) is 0.875. The fourth-order valence-corrected chi connectivity index (χ4v) is 3.35. The first kappa shape index (κ1) is 16.3. The van der Waals surface area contributed by atoms with Gasteiger partial charge in [0, 0.05) is 31.6 Å². The van der Waals surface area contributed by atoms with Crippen LogP contribution in [0.4, 0.5) is 0 Å². The molecule has 1 atom stereocenters. The van der Waals surface area contributed by atoms with Gasteiger partial charge in [0.15, 0.2) is 0 Å². The van der Waals surface area contributed by atoms with E-state index >= 15 is 0 Å². The minimum absolute atomic E-state index is 0.0593. The van der Waals surface area contributed by atoms with Gasteiger partial charge in [-0.25, -0.2) is 0 Å². The summed E-state index contributed by atoms with van der Waals surface area (Å²) < 4.78 is 0. The lowest BCUT2D eigenvalue weighted by molar-refractivity contribution is -0.136. The van der Waals surface area contributed by atoms with E-state index in [0.717, 1.165) is 51.9 Å². The summed E-state index contributed by atoms with van der Waals surface area (Å²) >= 11 is 0. The number of amides is 2. The molecule has 2 amide bonds. The molecule has 0 radical (unpaired) electrons. The number of nitrogens with one attached hydrogen (secondary N) is 2. The van der Waals surface area contributed by atoms with Crippen LogP contribution in [-0.2, 0) is 9.59 Å². The minimum atomic E-state index is -0.217. The van der Waals surface area contributed by atoms with Crippen molar-refractivity contribution >= 4 is 11.8 Å². The normalized spacial score (nSPS) is 27.1. The second-order valence-electron chi connectivity index (χ2n) is 6.79. The Morgan fingerprint density at radius 2 is 2.00 bits per heavy atom. The molecule has 2 heterocycles. The van der Waals surface area contributed by atoms with Crippen LogP contribution >= 0.6 is 0 Å². The van der Waals surface area contributed by atoms with Crippen LogP contribution in [0.2, 0.25) is 0 Å². The summed E-state index contributed by atoms with van der Waals surface area (Å²) in [4.78, 5) is 26.5. The molecule has 21 heavy (non-hydrogen) atoms. The van der Waals surface area contributed by atoms with Crippen molar-refractivity contribution in [3.63, 3.8) is 0 Å². The highest BCUT2D eigenvalue weighted by atomic mass is 16.2. The first-order valence-electron chi connectivity index (χ1n) is 8.29. The molecule has 2 rings (SSSR count). The molecule has 2 N–H and O–H groups in total. The lowest BCUT2D eigenvalue weighted by Gasteiger charge is -2.35. The molecule has 2 aliphatic heterocycles. The lowest BCUT2D eigenvalue weighted by atomic mass is 9.83. The molecule has 2 aliphatic rings. The molecule has 2 saturated heterocycles. The number of nitrogens with zero attached hydrogens (tertiary/aromatic N) is 1. The van der Waals surface area contributed by atoms with Crippen LogP contribution in [0.15, 0.2) is 0 Å². The second kappa shape index (κ2) is 6.77. The Balaban J connectivity index is 1.83. The summed E-state index contributed by atoms with van der Waals surface area (Å²) in [6.45, 7) is 9.22. The maximum absolute atomic E-state index is 12.6. The number of hydrogen-bond acceptors (Lipinski definition) is 3. The number of piperidine rings is 1. The van der Waals surface area contributed by atoms with Crippen LogP contribution in [0.5, 0.6) is 0 Å². The van der Waals surface area contributed by atoms with E-state index in [2.05, 4.69) is 17.6 Å². The van der Waals surface area contributed by atoms with Crippen molar-refractivity contribution in [2.45, 2.75) is 52.5 Å². The standard InChI is InChI=1S/C16H29N3O2/c1-4-16(7-8-17-11-16)15(21)18-13-5-9-19(10-6-13)14(20)12(2)3/h12-13,17H,4-11H2,1-3H3,(H,18,21). The van der Waals surface area contributed by atoms with Crippen molar-refractivity contribution < 1.29 is 9.59 Å². The van der Waals surface area contributed by atoms with Gasteiger partial charge in [0.1, 0.15) is 0 Å². The van der Waals surface area contributed by atoms with Crippen molar-refractivity contribution in [1.82, 2.24) is 15.5 Å². The quantitative estimate of drug-likeness (QED) is 0.817. The van der Waals surface area contributed by atoms with Crippen molar-refractivity contribution in [2.75, 3.05) is 26.2 Å². The van der Waals surface area contributed by atoms with Gasteiger partial charge < -0.3 is 15.5 Å². The number of carbonyl (C=O) groups is 2. The van der Waals surface area contributed by atoms with Gasteiger partial charge in [0.05, 0.1) is 5.41 Å². The first-order valence-corrected chi connectivity index (χ1v) is 8.29. The smallest absolute Gasteiger partial charge is 0.227 e. The van der Waals surface area contributed by atoms with Crippen LogP contribution in [0.25, 0.3) is 0 Å². The summed E-state index contributed by atoms with van der Waals surface area (Å²) in [5.74, 6) is 0.484. The molecule has 1 unspecified atom stereocenters. The minimum Gasteiger partial charge on any atom is -0.353 e. The monoisotopic (exact) mass is 295 g/mol. The Morgan fingerprint density at radius 1 is 1.33 bits per heavy atom. The zero-order valence-corrected chi connectivity index (χ0v) is 13.6. The highest BCUT2D eigenvalue weighted by molar-refractivity contribution is 5.83. The predicted molar refractivity (Wildman–Crippen MR) is 82.8 cm³/mol. The van der Waals surface area contributed by atoms with Crippen molar-refractivity contribution in [2.24, 2.45) is 11.3 Å². The van der Waals surface area contributed by atoms with Crippen molar-refractivity contribution in [3.8, 4) is 0 Å². The van der Waals surface area contributed by atoms with Crippen molar-refractivity contribution in [1.29, 1.82) is 0 Å². The predicted octanol–water partition coefficient (Wildman–Crippen LogP) is 1.14. The van der Waals surface area contributed by atoms with Gasteiger partial charge >= 0.3 is 0 Å². The molecule has 0 bridgehead atoms. The topological polar surface area (TPSA) is 61.4 Å². The Morgan fingerprint density at radius 3 is 2.48 bits per heavy atom. The summed E-state index contributed by atoms with van der Waals surface area (Å²) in [6.07, 6.45) is 3.56. The van der Waals surface area contributed by atoms with Crippen LogP contribution in [0.3, 0.4) is 0 Å². The van der Waals surface area contributed by atoms with E-state index in [-0.39, 0.29) is 29.2 Å². The number of carbonyl (C=O) groups excluding carboxylic acids is 2. The van der Waals surface area contributed by atoms with Crippen LogP contribution in [0.1, 0.15) is 46.5 Å². The molecule has 0 aromatic carbocycles. The van der Waals surface area contributed by atoms with Crippen molar-refractivity contribution in [3.05, 3.63) is 0 Å². The average Bonchev–Trinajstić information content (AvgIpc) is 2.97. The zero-order chi connectivity index (χ0) is 15.5. The molecule has 5 nitrogen and oxygen atoms in total. The number of likely N-dealkylation sites (tertiary alicyclic amines) is 1. The molecule has 2 fully saturated rings. The second-order valence-corrected chi connectivity index (χ2v) is 6.79. The van der Waals surface area contributed by atoms with E-state index in [0.29, 0.717) is 0 Å². The number of hydrogen-bond donors (Lipinski definition) is 2. The molecule has 120 valence electrons. The van der Waals surface area contributed by atoms with E-state index in [1.807, 2.05) is 18.7 Å². The third-order valence-electron chi connectivity index (χ3n) is 5.04. The Hall–Kier alpha value is -1.10. The molecule has 0 aliphatic carbocycles. The van der Waals surface area contributed by atoms with Gasteiger partial charge in [-0.3, -0.25) is 9.59 Å². The van der Waals surface area contributed by atoms with Crippen LogP contribution < -0.4 is 10.6 Å². The van der Waals surface area contributed by atoms with Gasteiger partial charge in [0.2, 0.25) is 11.8 Å². The molecular weight excluding hydrogens is 266 g/mol. The van der Waals surface area contributed by atoms with Gasteiger partial charge in [-0.2, -0.15) is 0 Å². The molecule has 0 saturated carbocycles. The largest absolute Gasteiger partial charge is 0.353 e. The van der Waals surface area contributed by atoms with E-state index in [1.165, 1.54) is 0 Å². The van der Waals surface area contributed by atoms with E-state index < -0.39 is 0 Å². The molecule has 0 spiro atoms. The summed E-state index contributed by atoms with van der Waals surface area (Å²) in [5, 5.41) is 6.53. The fourth-order valence-electron chi connectivity index (χ4n) is 3.35. The summed E-state index contributed by atoms with van der Waals surface area (Å²) in [5.41, 5.74) is -0.217. The van der Waals surface area contributed by atoms with Gasteiger partial charge in [-0.1, -0.05) is 20.8 Å². The zero-order valence-electron chi connectivity index (χ0n) is 13.6. The molecule has 5 heteroatoms. The van der Waals surface area contributed by atoms with E-state index in [1.54, 1.807) is 0 Å². The molecule has 0 aromatic rings. The summed E-state index contributed by atoms with van der Waals surface area (Å²) in [7, 11) is 0. The maximum Gasteiger partial charge on any atom is 0.227 e. The van der Waals surface area contributed by atoms with Crippen LogP contribution in [-0.4, -0.2) is 48.9 Å². The van der Waals surface area contributed by atoms with Gasteiger partial charge in [0.25, 0.3) is 0 Å². The maximum atomic E-state index is 12.6. The molecular formula is C16H29N3O2. The van der Waals surface area contributed by atoms with E-state index in [4.69, 9.17) is 0 Å². The lowest BCUT2D eigenvalue weighted by Crippen LogP contribution is -2.51. The Bertz CT molecular complexity index is 381. The molecule has 0 aromatic heterocycles. The Kier molecular flexibility index (Phi) is 5.25. The van der Waals surface area contributed by atoms with Gasteiger partial charge in [-0.05, 0) is 32.2 Å². The highest BCUT2D eigenvalue weighted by Crippen LogP contribution is 2.30. The third-order valence-corrected chi connectivity index (χ3v) is 5.04. The Labute approximate surface area is 127 Å². The van der Waals surface area contributed by atoms with E-state index in [9.17, 15) is 9.59 Å². The SMILES string of the molecule is CCC1(C(=O)NC2CCN(C(=O)C(C)C)CC2)CCNC1.